The third-order valence-corrected chi connectivity index (χ3v) is 5.32. The molecule has 0 atom stereocenters. The molecular formula is C15H27N3O2S. The summed E-state index contributed by atoms with van der Waals surface area (Å²) in [6.07, 6.45) is 6.76. The standard InChI is InChI=1S/C15H27N3O2S/c1-2-15-21(19,20)18(13-9-5-3-7-11-16)14-10-6-4-8-12-17/h2-10,13-15H2,1H3. The van der Waals surface area contributed by atoms with Crippen LogP contribution >= 0.6 is 0 Å². The highest BCUT2D eigenvalue weighted by Gasteiger charge is 2.19. The summed E-state index contributed by atoms with van der Waals surface area (Å²) >= 11 is 0. The van der Waals surface area contributed by atoms with Gasteiger partial charge in [-0.1, -0.05) is 19.8 Å². The molecule has 0 radical (unpaired) electrons. The van der Waals surface area contributed by atoms with Crippen LogP contribution in [-0.2, 0) is 10.0 Å². The van der Waals surface area contributed by atoms with Gasteiger partial charge < -0.3 is 0 Å². The highest BCUT2D eigenvalue weighted by atomic mass is 32.2. The summed E-state index contributed by atoms with van der Waals surface area (Å²) in [5.74, 6) is 0.198. The first-order valence-electron chi connectivity index (χ1n) is 7.80. The fourth-order valence-electron chi connectivity index (χ4n) is 2.12. The maximum atomic E-state index is 12.2. The second kappa shape index (κ2) is 12.6. The molecule has 0 aromatic heterocycles. The van der Waals surface area contributed by atoms with Gasteiger partial charge in [0, 0.05) is 25.9 Å². The number of rotatable bonds is 13. The molecule has 0 saturated heterocycles. The molecule has 6 heteroatoms. The minimum absolute atomic E-state index is 0.198. The Labute approximate surface area is 129 Å². The lowest BCUT2D eigenvalue weighted by molar-refractivity contribution is 0.387. The summed E-state index contributed by atoms with van der Waals surface area (Å²) in [5, 5.41) is 17.0. The molecule has 0 aromatic rings. The van der Waals surface area contributed by atoms with E-state index in [1.54, 1.807) is 4.31 Å². The lowest BCUT2D eigenvalue weighted by Crippen LogP contribution is -2.34. The minimum Gasteiger partial charge on any atom is -0.212 e. The van der Waals surface area contributed by atoms with Crippen molar-refractivity contribution in [2.45, 2.75) is 64.7 Å². The molecule has 0 fully saturated rings. The second-order valence-corrected chi connectivity index (χ2v) is 7.24. The third kappa shape index (κ3) is 10.3. The van der Waals surface area contributed by atoms with E-state index < -0.39 is 10.0 Å². The Morgan fingerprint density at radius 1 is 0.857 bits per heavy atom. The van der Waals surface area contributed by atoms with Gasteiger partial charge in [0.05, 0.1) is 17.9 Å². The van der Waals surface area contributed by atoms with Crippen molar-refractivity contribution in [1.82, 2.24) is 4.31 Å². The van der Waals surface area contributed by atoms with Gasteiger partial charge >= 0.3 is 0 Å². The van der Waals surface area contributed by atoms with E-state index in [2.05, 4.69) is 12.1 Å². The van der Waals surface area contributed by atoms with Gasteiger partial charge in [-0.25, -0.2) is 12.7 Å². The van der Waals surface area contributed by atoms with Gasteiger partial charge in [-0.15, -0.1) is 0 Å². The zero-order valence-electron chi connectivity index (χ0n) is 13.1. The molecule has 0 aliphatic carbocycles. The summed E-state index contributed by atoms with van der Waals surface area (Å²) < 4.78 is 26.0. The average molecular weight is 313 g/mol. The maximum absolute atomic E-state index is 12.2. The van der Waals surface area contributed by atoms with Gasteiger partial charge in [0.15, 0.2) is 0 Å². The van der Waals surface area contributed by atoms with Gasteiger partial charge in [-0.3, -0.25) is 0 Å². The smallest absolute Gasteiger partial charge is 0.212 e. The van der Waals surface area contributed by atoms with Crippen LogP contribution in [0, 0.1) is 22.7 Å². The van der Waals surface area contributed by atoms with Crippen molar-refractivity contribution < 1.29 is 8.42 Å². The van der Waals surface area contributed by atoms with Crippen molar-refractivity contribution in [2.75, 3.05) is 18.8 Å². The van der Waals surface area contributed by atoms with E-state index in [-0.39, 0.29) is 5.75 Å². The molecule has 0 aliphatic heterocycles. The van der Waals surface area contributed by atoms with Gasteiger partial charge in [-0.05, 0) is 32.1 Å². The Hall–Kier alpha value is -1.11. The summed E-state index contributed by atoms with van der Waals surface area (Å²) in [6.45, 7) is 2.97. The fourth-order valence-corrected chi connectivity index (χ4v) is 3.70. The van der Waals surface area contributed by atoms with E-state index in [0.717, 1.165) is 38.5 Å². The molecule has 0 saturated carbocycles. The van der Waals surface area contributed by atoms with Crippen LogP contribution in [0.15, 0.2) is 0 Å². The zero-order valence-corrected chi connectivity index (χ0v) is 13.9. The largest absolute Gasteiger partial charge is 0.214 e. The van der Waals surface area contributed by atoms with E-state index >= 15 is 0 Å². The fraction of sp³-hybridized carbons (Fsp3) is 0.867. The third-order valence-electron chi connectivity index (χ3n) is 3.25. The van der Waals surface area contributed by atoms with Crippen molar-refractivity contribution >= 4 is 10.0 Å². The number of nitriles is 2. The molecule has 0 rings (SSSR count). The van der Waals surface area contributed by atoms with Gasteiger partial charge in [0.25, 0.3) is 0 Å². The first kappa shape index (κ1) is 19.9. The van der Waals surface area contributed by atoms with Gasteiger partial charge in [0.2, 0.25) is 10.0 Å². The maximum Gasteiger partial charge on any atom is 0.214 e. The topological polar surface area (TPSA) is 85.0 Å². The molecule has 0 unspecified atom stereocenters. The van der Waals surface area contributed by atoms with Crippen LogP contribution < -0.4 is 0 Å². The SMILES string of the molecule is CCCS(=O)(=O)N(CCCCCC#N)CCCCCC#N. The lowest BCUT2D eigenvalue weighted by Gasteiger charge is -2.22. The molecule has 0 aliphatic rings. The summed E-state index contributed by atoms with van der Waals surface area (Å²) in [5.41, 5.74) is 0. The Morgan fingerprint density at radius 2 is 1.33 bits per heavy atom. The van der Waals surface area contributed by atoms with E-state index in [1.807, 2.05) is 6.92 Å². The predicted molar refractivity (Wildman–Crippen MR) is 83.8 cm³/mol. The summed E-state index contributed by atoms with van der Waals surface area (Å²) in [6, 6.07) is 4.20. The summed E-state index contributed by atoms with van der Waals surface area (Å²) in [4.78, 5) is 0. The summed E-state index contributed by atoms with van der Waals surface area (Å²) in [7, 11) is -3.15. The molecule has 0 bridgehead atoms. The number of hydrogen-bond donors (Lipinski definition) is 0. The van der Waals surface area contributed by atoms with Crippen LogP contribution in [0.2, 0.25) is 0 Å². The van der Waals surface area contributed by atoms with E-state index in [4.69, 9.17) is 10.5 Å². The van der Waals surface area contributed by atoms with Crippen LogP contribution in [-0.4, -0.2) is 31.6 Å². The quantitative estimate of drug-likeness (QED) is 0.489. The first-order valence-corrected chi connectivity index (χ1v) is 9.41. The zero-order chi connectivity index (χ0) is 16.0. The minimum atomic E-state index is -3.15. The number of sulfonamides is 1. The van der Waals surface area contributed by atoms with Crippen molar-refractivity contribution in [3.63, 3.8) is 0 Å². The molecule has 0 N–H and O–H groups in total. The Kier molecular flexibility index (Phi) is 12.0. The van der Waals surface area contributed by atoms with E-state index in [1.165, 1.54) is 0 Å². The van der Waals surface area contributed by atoms with Crippen LogP contribution in [0.3, 0.4) is 0 Å². The number of nitrogens with zero attached hydrogens (tertiary/aromatic N) is 3. The lowest BCUT2D eigenvalue weighted by atomic mass is 10.2. The van der Waals surface area contributed by atoms with Gasteiger partial charge in [-0.2, -0.15) is 10.5 Å². The highest BCUT2D eigenvalue weighted by Crippen LogP contribution is 2.10. The normalized spacial score (nSPS) is 11.2. The van der Waals surface area contributed by atoms with Crippen molar-refractivity contribution in [2.24, 2.45) is 0 Å². The van der Waals surface area contributed by atoms with Crippen LogP contribution in [0.4, 0.5) is 0 Å². The van der Waals surface area contributed by atoms with Crippen LogP contribution in [0.25, 0.3) is 0 Å². The van der Waals surface area contributed by atoms with E-state index in [9.17, 15) is 8.42 Å². The molecule has 5 nitrogen and oxygen atoms in total. The first-order chi connectivity index (χ1) is 10.1. The van der Waals surface area contributed by atoms with Crippen molar-refractivity contribution in [1.29, 1.82) is 10.5 Å². The molecule has 120 valence electrons. The Balaban J connectivity index is 4.23. The predicted octanol–water partition coefficient (Wildman–Crippen LogP) is 3.20. The molecular weight excluding hydrogens is 286 g/mol. The molecule has 0 heterocycles. The van der Waals surface area contributed by atoms with Gasteiger partial charge in [0.1, 0.15) is 0 Å². The number of hydrogen-bond acceptors (Lipinski definition) is 4. The molecule has 21 heavy (non-hydrogen) atoms. The monoisotopic (exact) mass is 313 g/mol. The van der Waals surface area contributed by atoms with E-state index in [0.29, 0.717) is 32.4 Å². The average Bonchev–Trinajstić information content (AvgIpc) is 2.44. The number of unbranched alkanes of at least 4 members (excludes halogenated alkanes) is 6. The second-order valence-electron chi connectivity index (χ2n) is 5.15. The van der Waals surface area contributed by atoms with Crippen molar-refractivity contribution in [3.05, 3.63) is 0 Å². The molecule has 0 amide bonds. The highest BCUT2D eigenvalue weighted by molar-refractivity contribution is 7.89. The Morgan fingerprint density at radius 3 is 1.71 bits per heavy atom. The van der Waals surface area contributed by atoms with Crippen molar-refractivity contribution in [3.8, 4) is 12.1 Å². The Bertz CT molecular complexity index is 411. The van der Waals surface area contributed by atoms with Crippen LogP contribution in [0.5, 0.6) is 0 Å². The molecule has 0 aromatic carbocycles. The molecule has 0 spiro atoms. The van der Waals surface area contributed by atoms with Crippen LogP contribution in [0.1, 0.15) is 64.7 Å².